The Hall–Kier alpha value is -2.58. The molecule has 0 bridgehead atoms. The van der Waals surface area contributed by atoms with Crippen molar-refractivity contribution in [2.75, 3.05) is 26.0 Å². The van der Waals surface area contributed by atoms with Gasteiger partial charge in [-0.2, -0.15) is 0 Å². The minimum Gasteiger partial charge on any atom is -0.504 e. The summed E-state index contributed by atoms with van der Waals surface area (Å²) >= 11 is 0. The molecule has 0 unspecified atom stereocenters. The smallest absolute Gasteiger partial charge is 0.244 e. The number of carbonyl (C=O) groups excluding carboxylic acids is 1. The molecule has 7 nitrogen and oxygen atoms in total. The van der Waals surface area contributed by atoms with Crippen molar-refractivity contribution in [2.45, 2.75) is 33.1 Å². The lowest BCUT2D eigenvalue weighted by atomic mass is 10.1. The van der Waals surface area contributed by atoms with Gasteiger partial charge >= 0.3 is 0 Å². The van der Waals surface area contributed by atoms with E-state index in [1.165, 1.54) is 0 Å². The van der Waals surface area contributed by atoms with E-state index in [0.29, 0.717) is 25.3 Å². The number of allylic oxidation sites excluding steroid dienone is 2. The van der Waals surface area contributed by atoms with Crippen molar-refractivity contribution in [3.8, 4) is 11.5 Å². The highest BCUT2D eigenvalue weighted by Gasteiger charge is 2.05. The standard InChI is InChI=1S/C22H31NO6S/c1-17(5-4-6-18(2)16-24)10-13-29-21-8-7-19(15-20(21)25)9-12-23-22(26)11-14-30(3,27)28/h6-8,10-11,14-15,24-25H,4-5,9,12-13,16H2,1-3H3,(H,23,26)/b14-11+,17-10+,18-6-. The van der Waals surface area contributed by atoms with Gasteiger partial charge in [-0.3, -0.25) is 4.79 Å². The van der Waals surface area contributed by atoms with Crippen LogP contribution in [0.2, 0.25) is 0 Å². The lowest BCUT2D eigenvalue weighted by molar-refractivity contribution is -0.116. The Morgan fingerprint density at radius 3 is 2.57 bits per heavy atom. The summed E-state index contributed by atoms with van der Waals surface area (Å²) in [6.45, 7) is 4.61. The Morgan fingerprint density at radius 1 is 1.20 bits per heavy atom. The SMILES string of the molecule is C/C(=C/CC/C(C)=C/COc1ccc(CCNC(=O)/C=C/S(C)(=O)=O)cc1O)CO. The molecule has 166 valence electrons. The molecule has 1 amide bonds. The highest BCUT2D eigenvalue weighted by Crippen LogP contribution is 2.27. The second-order valence-electron chi connectivity index (χ2n) is 7.08. The van der Waals surface area contributed by atoms with Crippen LogP contribution in [0.3, 0.4) is 0 Å². The van der Waals surface area contributed by atoms with E-state index in [9.17, 15) is 18.3 Å². The van der Waals surface area contributed by atoms with Crippen molar-refractivity contribution in [1.29, 1.82) is 0 Å². The molecule has 1 aromatic rings. The van der Waals surface area contributed by atoms with Crippen molar-refractivity contribution in [3.05, 3.63) is 58.5 Å². The van der Waals surface area contributed by atoms with Crippen molar-refractivity contribution in [2.24, 2.45) is 0 Å². The zero-order valence-electron chi connectivity index (χ0n) is 17.7. The molecule has 0 radical (unpaired) electrons. The predicted octanol–water partition coefficient (Wildman–Crippen LogP) is 2.65. The van der Waals surface area contributed by atoms with E-state index in [1.54, 1.807) is 18.2 Å². The number of aromatic hydroxyl groups is 1. The maximum absolute atomic E-state index is 11.5. The zero-order chi connectivity index (χ0) is 22.6. The highest BCUT2D eigenvalue weighted by molar-refractivity contribution is 7.93. The number of ether oxygens (including phenoxy) is 1. The number of phenols is 1. The molecular weight excluding hydrogens is 406 g/mol. The van der Waals surface area contributed by atoms with Crippen LogP contribution in [0.1, 0.15) is 32.3 Å². The van der Waals surface area contributed by atoms with E-state index < -0.39 is 15.7 Å². The number of benzene rings is 1. The first kappa shape index (κ1) is 25.5. The fourth-order valence-corrected chi connectivity index (χ4v) is 2.77. The summed E-state index contributed by atoms with van der Waals surface area (Å²) in [7, 11) is -3.33. The summed E-state index contributed by atoms with van der Waals surface area (Å²) in [5.41, 5.74) is 2.92. The van der Waals surface area contributed by atoms with Crippen LogP contribution in [0.4, 0.5) is 0 Å². The Balaban J connectivity index is 2.45. The quantitative estimate of drug-likeness (QED) is 0.342. The number of phenolic OH excluding ortho intramolecular Hbond substituents is 1. The third-order valence-corrected chi connectivity index (χ3v) is 4.78. The van der Waals surface area contributed by atoms with Crippen LogP contribution in [-0.4, -0.2) is 50.6 Å². The molecule has 0 aromatic heterocycles. The van der Waals surface area contributed by atoms with E-state index in [-0.39, 0.29) is 12.4 Å². The molecule has 30 heavy (non-hydrogen) atoms. The number of hydrogen-bond donors (Lipinski definition) is 3. The van der Waals surface area contributed by atoms with Crippen LogP contribution in [0.25, 0.3) is 0 Å². The molecule has 0 atom stereocenters. The molecular formula is C22H31NO6S. The molecule has 8 heteroatoms. The number of hydrogen-bond acceptors (Lipinski definition) is 6. The maximum atomic E-state index is 11.5. The normalized spacial score (nSPS) is 12.9. The number of sulfone groups is 1. The first-order chi connectivity index (χ1) is 14.1. The monoisotopic (exact) mass is 437 g/mol. The van der Waals surface area contributed by atoms with Crippen molar-refractivity contribution in [1.82, 2.24) is 5.32 Å². The summed E-state index contributed by atoms with van der Waals surface area (Å²) in [5, 5.41) is 22.5. The molecule has 0 spiro atoms. The average Bonchev–Trinajstić information content (AvgIpc) is 2.67. The maximum Gasteiger partial charge on any atom is 0.244 e. The number of carbonyl (C=O) groups is 1. The first-order valence-electron chi connectivity index (χ1n) is 9.63. The number of amides is 1. The van der Waals surface area contributed by atoms with Gasteiger partial charge < -0.3 is 20.3 Å². The average molecular weight is 438 g/mol. The number of rotatable bonds is 12. The second kappa shape index (κ2) is 12.9. The van der Waals surface area contributed by atoms with E-state index in [0.717, 1.165) is 47.3 Å². The second-order valence-corrected chi connectivity index (χ2v) is 9.02. The van der Waals surface area contributed by atoms with Crippen molar-refractivity contribution >= 4 is 15.7 Å². The van der Waals surface area contributed by atoms with Gasteiger partial charge in [-0.05, 0) is 56.9 Å². The molecule has 0 aliphatic carbocycles. The minimum atomic E-state index is -3.33. The summed E-state index contributed by atoms with van der Waals surface area (Å²) in [5.74, 6) is -0.101. The van der Waals surface area contributed by atoms with Crippen LogP contribution < -0.4 is 10.1 Å². The number of aliphatic hydroxyl groups is 1. The van der Waals surface area contributed by atoms with Gasteiger partial charge in [0.15, 0.2) is 21.3 Å². The molecule has 0 saturated heterocycles. The van der Waals surface area contributed by atoms with Gasteiger partial charge in [-0.15, -0.1) is 0 Å². The lowest BCUT2D eigenvalue weighted by Crippen LogP contribution is -2.23. The van der Waals surface area contributed by atoms with Gasteiger partial charge in [0.25, 0.3) is 0 Å². The van der Waals surface area contributed by atoms with E-state index in [2.05, 4.69) is 5.32 Å². The minimum absolute atomic E-state index is 0.0170. The Kier molecular flexibility index (Phi) is 10.9. The van der Waals surface area contributed by atoms with Gasteiger partial charge in [-0.1, -0.05) is 23.3 Å². The fraction of sp³-hybridized carbons (Fsp3) is 0.409. The summed E-state index contributed by atoms with van der Waals surface area (Å²) < 4.78 is 27.5. The topological polar surface area (TPSA) is 113 Å². The van der Waals surface area contributed by atoms with Crippen molar-refractivity contribution in [3.63, 3.8) is 0 Å². The summed E-state index contributed by atoms with van der Waals surface area (Å²) in [6.07, 6.45) is 8.15. The van der Waals surface area contributed by atoms with E-state index in [4.69, 9.17) is 9.84 Å². The molecule has 3 N–H and O–H groups in total. The third kappa shape index (κ3) is 11.4. The van der Waals surface area contributed by atoms with Gasteiger partial charge in [-0.25, -0.2) is 8.42 Å². The largest absolute Gasteiger partial charge is 0.504 e. The number of nitrogens with one attached hydrogen (secondary N) is 1. The molecule has 0 aliphatic heterocycles. The molecule has 0 heterocycles. The zero-order valence-corrected chi connectivity index (χ0v) is 18.5. The van der Waals surface area contributed by atoms with Crippen LogP contribution >= 0.6 is 0 Å². The molecule has 0 fully saturated rings. The van der Waals surface area contributed by atoms with Crippen LogP contribution in [0.15, 0.2) is 53.0 Å². The van der Waals surface area contributed by atoms with E-state index in [1.807, 2.05) is 26.0 Å². The first-order valence-corrected chi connectivity index (χ1v) is 11.6. The van der Waals surface area contributed by atoms with Gasteiger partial charge in [0.2, 0.25) is 5.91 Å². The van der Waals surface area contributed by atoms with Crippen LogP contribution in [-0.2, 0) is 21.1 Å². The summed E-state index contributed by atoms with van der Waals surface area (Å²) in [4.78, 5) is 11.5. The third-order valence-electron chi connectivity index (χ3n) is 4.15. The highest BCUT2D eigenvalue weighted by atomic mass is 32.2. The van der Waals surface area contributed by atoms with Crippen molar-refractivity contribution < 1.29 is 28.2 Å². The Morgan fingerprint density at radius 2 is 1.93 bits per heavy atom. The molecule has 1 rings (SSSR count). The Bertz CT molecular complexity index is 900. The Labute approximate surface area is 178 Å². The molecule has 1 aromatic carbocycles. The van der Waals surface area contributed by atoms with E-state index >= 15 is 0 Å². The van der Waals surface area contributed by atoms with Crippen LogP contribution in [0.5, 0.6) is 11.5 Å². The lowest BCUT2D eigenvalue weighted by Gasteiger charge is -2.09. The van der Waals surface area contributed by atoms with Gasteiger partial charge in [0.1, 0.15) is 6.61 Å². The van der Waals surface area contributed by atoms with Gasteiger partial charge in [0.05, 0.1) is 6.61 Å². The predicted molar refractivity (Wildman–Crippen MR) is 118 cm³/mol. The molecule has 0 saturated carbocycles. The van der Waals surface area contributed by atoms with Crippen LogP contribution in [0, 0.1) is 0 Å². The fourth-order valence-electron chi connectivity index (χ4n) is 2.40. The van der Waals surface area contributed by atoms with Gasteiger partial charge in [0, 0.05) is 24.3 Å². The number of aliphatic hydroxyl groups excluding tert-OH is 1. The summed E-state index contributed by atoms with van der Waals surface area (Å²) in [6, 6.07) is 5.05. The molecule has 0 aliphatic rings.